The van der Waals surface area contributed by atoms with Gasteiger partial charge >= 0.3 is 0 Å². The smallest absolute Gasteiger partial charge is 0.270 e. The first-order valence-corrected chi connectivity index (χ1v) is 9.04. The zero-order valence-electron chi connectivity index (χ0n) is 16.1. The minimum absolute atomic E-state index is 0.217. The van der Waals surface area contributed by atoms with E-state index in [2.05, 4.69) is 20.6 Å². The molecule has 0 atom stereocenters. The summed E-state index contributed by atoms with van der Waals surface area (Å²) >= 11 is 0. The summed E-state index contributed by atoms with van der Waals surface area (Å²) in [5.74, 6) is 2.84. The Morgan fingerprint density at radius 3 is 2.83 bits per heavy atom. The number of carbonyl (C=O) groups is 1. The lowest BCUT2D eigenvalue weighted by atomic mass is 10.2. The molecule has 29 heavy (non-hydrogen) atoms. The van der Waals surface area contributed by atoms with Crippen molar-refractivity contribution in [3.63, 3.8) is 0 Å². The van der Waals surface area contributed by atoms with E-state index in [-0.39, 0.29) is 18.4 Å². The van der Waals surface area contributed by atoms with Crippen LogP contribution in [0.15, 0.2) is 48.5 Å². The highest BCUT2D eigenvalue weighted by atomic mass is 16.7. The monoisotopic (exact) mass is 392 g/mol. The molecule has 2 heterocycles. The summed E-state index contributed by atoms with van der Waals surface area (Å²) in [6, 6.07) is 14.6. The molecule has 0 saturated carbocycles. The predicted molar refractivity (Wildman–Crippen MR) is 107 cm³/mol. The first kappa shape index (κ1) is 18.5. The molecule has 0 bridgehead atoms. The Bertz CT molecular complexity index is 1050. The van der Waals surface area contributed by atoms with Crippen molar-refractivity contribution in [1.29, 1.82) is 0 Å². The zero-order valence-corrected chi connectivity index (χ0v) is 16.1. The molecular weight excluding hydrogens is 372 g/mol. The number of carbonyl (C=O) groups excluding carboxylic acids is 1. The second kappa shape index (κ2) is 8.05. The first-order valence-electron chi connectivity index (χ1n) is 9.04. The lowest BCUT2D eigenvalue weighted by Crippen LogP contribution is -2.24. The van der Waals surface area contributed by atoms with Crippen LogP contribution in [0.3, 0.4) is 0 Å². The third kappa shape index (κ3) is 4.37. The van der Waals surface area contributed by atoms with E-state index in [0.717, 1.165) is 17.0 Å². The molecule has 1 aliphatic rings. The Morgan fingerprint density at radius 1 is 1.10 bits per heavy atom. The molecule has 1 aliphatic heterocycles. The Balaban J connectivity index is 1.45. The summed E-state index contributed by atoms with van der Waals surface area (Å²) in [6.07, 6.45) is 0. The molecule has 0 radical (unpaired) electrons. The van der Waals surface area contributed by atoms with Crippen LogP contribution in [-0.2, 0) is 6.54 Å². The summed E-state index contributed by atoms with van der Waals surface area (Å²) in [5.41, 5.74) is 1.99. The predicted octanol–water partition coefficient (Wildman–Crippen LogP) is 3.20. The number of benzene rings is 2. The van der Waals surface area contributed by atoms with E-state index >= 15 is 0 Å². The molecule has 4 rings (SSSR count). The number of anilines is 2. The maximum atomic E-state index is 12.6. The fraction of sp³-hybridized carbons (Fsp3) is 0.190. The maximum Gasteiger partial charge on any atom is 0.270 e. The molecule has 0 saturated heterocycles. The molecule has 1 aromatic heterocycles. The van der Waals surface area contributed by atoms with Gasteiger partial charge in [-0.05, 0) is 36.8 Å². The second-order valence-corrected chi connectivity index (χ2v) is 6.41. The van der Waals surface area contributed by atoms with Crippen LogP contribution in [-0.4, -0.2) is 29.8 Å². The lowest BCUT2D eigenvalue weighted by Gasteiger charge is -2.10. The number of rotatable bonds is 6. The highest BCUT2D eigenvalue weighted by Gasteiger charge is 2.15. The van der Waals surface area contributed by atoms with Gasteiger partial charge in [-0.25, -0.2) is 9.97 Å². The van der Waals surface area contributed by atoms with Crippen molar-refractivity contribution in [3.05, 3.63) is 65.6 Å². The largest absolute Gasteiger partial charge is 0.497 e. The summed E-state index contributed by atoms with van der Waals surface area (Å²) in [6.45, 7) is 2.30. The summed E-state index contributed by atoms with van der Waals surface area (Å²) in [4.78, 5) is 21.2. The zero-order chi connectivity index (χ0) is 20.2. The number of ether oxygens (including phenoxy) is 3. The van der Waals surface area contributed by atoms with Gasteiger partial charge in [-0.15, -0.1) is 0 Å². The minimum Gasteiger partial charge on any atom is -0.497 e. The van der Waals surface area contributed by atoms with E-state index in [4.69, 9.17) is 14.2 Å². The van der Waals surface area contributed by atoms with E-state index in [0.29, 0.717) is 29.7 Å². The van der Waals surface area contributed by atoms with E-state index in [1.807, 2.05) is 42.5 Å². The molecule has 0 spiro atoms. The summed E-state index contributed by atoms with van der Waals surface area (Å²) in [7, 11) is 1.61. The molecule has 148 valence electrons. The van der Waals surface area contributed by atoms with Gasteiger partial charge in [0.05, 0.1) is 7.11 Å². The van der Waals surface area contributed by atoms with Crippen molar-refractivity contribution in [3.8, 4) is 17.2 Å². The van der Waals surface area contributed by atoms with Crippen molar-refractivity contribution < 1.29 is 19.0 Å². The summed E-state index contributed by atoms with van der Waals surface area (Å²) in [5, 5.41) is 6.04. The third-order valence-corrected chi connectivity index (χ3v) is 4.30. The normalized spacial score (nSPS) is 11.8. The van der Waals surface area contributed by atoms with E-state index in [9.17, 15) is 4.79 Å². The highest BCUT2D eigenvalue weighted by Crippen LogP contribution is 2.32. The van der Waals surface area contributed by atoms with Gasteiger partial charge in [0.25, 0.3) is 5.91 Å². The number of fused-ring (bicyclic) bond motifs is 1. The molecule has 2 N–H and O–H groups in total. The Labute approximate surface area is 167 Å². The number of aryl methyl sites for hydroxylation is 1. The van der Waals surface area contributed by atoms with Gasteiger partial charge in [0.15, 0.2) is 11.5 Å². The number of hydrogen-bond donors (Lipinski definition) is 2. The first-order chi connectivity index (χ1) is 14.1. The molecule has 1 amide bonds. The molecule has 0 fully saturated rings. The van der Waals surface area contributed by atoms with Gasteiger partial charge < -0.3 is 24.8 Å². The average Bonchev–Trinajstić information content (AvgIpc) is 3.19. The van der Waals surface area contributed by atoms with Crippen molar-refractivity contribution in [1.82, 2.24) is 15.3 Å². The molecule has 3 aromatic rings. The van der Waals surface area contributed by atoms with E-state index in [1.54, 1.807) is 20.1 Å². The Hall–Kier alpha value is -3.81. The van der Waals surface area contributed by atoms with Crippen molar-refractivity contribution in [2.24, 2.45) is 0 Å². The standard InChI is InChI=1S/C21H20N4O4/c1-13-23-17(10-20(24-13)25-15-4-3-5-16(9-15)27-2)21(26)22-11-14-6-7-18-19(8-14)29-12-28-18/h3-10H,11-12H2,1-2H3,(H,22,26)(H,23,24,25). The Morgan fingerprint density at radius 2 is 1.97 bits per heavy atom. The number of nitrogens with zero attached hydrogens (tertiary/aromatic N) is 2. The van der Waals surface area contributed by atoms with Gasteiger partial charge in [0.1, 0.15) is 23.1 Å². The number of nitrogens with one attached hydrogen (secondary N) is 2. The van der Waals surface area contributed by atoms with Crippen LogP contribution in [0.5, 0.6) is 17.2 Å². The van der Waals surface area contributed by atoms with Gasteiger partial charge in [-0.2, -0.15) is 0 Å². The van der Waals surface area contributed by atoms with Crippen LogP contribution in [0, 0.1) is 6.92 Å². The average molecular weight is 392 g/mol. The van der Waals surface area contributed by atoms with Crippen molar-refractivity contribution in [2.75, 3.05) is 19.2 Å². The quantitative estimate of drug-likeness (QED) is 0.665. The highest BCUT2D eigenvalue weighted by molar-refractivity contribution is 5.93. The number of hydrogen-bond acceptors (Lipinski definition) is 7. The fourth-order valence-corrected chi connectivity index (χ4v) is 2.92. The van der Waals surface area contributed by atoms with Gasteiger partial charge in [-0.1, -0.05) is 12.1 Å². The van der Waals surface area contributed by atoms with Crippen LogP contribution in [0.2, 0.25) is 0 Å². The minimum atomic E-state index is -0.290. The van der Waals surface area contributed by atoms with Crippen LogP contribution in [0.1, 0.15) is 21.9 Å². The van der Waals surface area contributed by atoms with Gasteiger partial charge in [0, 0.05) is 24.4 Å². The van der Waals surface area contributed by atoms with Crippen LogP contribution in [0.4, 0.5) is 11.5 Å². The third-order valence-electron chi connectivity index (χ3n) is 4.30. The Kier molecular flexibility index (Phi) is 5.15. The maximum absolute atomic E-state index is 12.6. The van der Waals surface area contributed by atoms with E-state index < -0.39 is 0 Å². The molecule has 8 heteroatoms. The van der Waals surface area contributed by atoms with Gasteiger partial charge in [0.2, 0.25) is 6.79 Å². The molecule has 0 aliphatic carbocycles. The molecular formula is C21H20N4O4. The van der Waals surface area contributed by atoms with Crippen molar-refractivity contribution >= 4 is 17.4 Å². The number of amides is 1. The lowest BCUT2D eigenvalue weighted by molar-refractivity contribution is 0.0945. The van der Waals surface area contributed by atoms with Crippen LogP contribution < -0.4 is 24.8 Å². The SMILES string of the molecule is COc1cccc(Nc2cc(C(=O)NCc3ccc4c(c3)OCO4)nc(C)n2)c1. The van der Waals surface area contributed by atoms with Crippen molar-refractivity contribution in [2.45, 2.75) is 13.5 Å². The topological polar surface area (TPSA) is 94.6 Å². The molecule has 0 unspecified atom stereocenters. The van der Waals surface area contributed by atoms with E-state index in [1.165, 1.54) is 0 Å². The molecule has 8 nitrogen and oxygen atoms in total. The molecule has 2 aromatic carbocycles. The number of methoxy groups -OCH3 is 1. The van der Waals surface area contributed by atoms with Gasteiger partial charge in [-0.3, -0.25) is 4.79 Å². The van der Waals surface area contributed by atoms with Crippen LogP contribution in [0.25, 0.3) is 0 Å². The second-order valence-electron chi connectivity index (χ2n) is 6.41. The fourth-order valence-electron chi connectivity index (χ4n) is 2.92. The number of aromatic nitrogens is 2. The summed E-state index contributed by atoms with van der Waals surface area (Å²) < 4.78 is 15.9. The van der Waals surface area contributed by atoms with Crippen LogP contribution >= 0.6 is 0 Å².